The van der Waals surface area contributed by atoms with E-state index < -0.39 is 5.97 Å². The van der Waals surface area contributed by atoms with E-state index in [0.717, 1.165) is 40.2 Å². The lowest BCUT2D eigenvalue weighted by molar-refractivity contribution is -0.134. The third-order valence-electron chi connectivity index (χ3n) is 4.63. The van der Waals surface area contributed by atoms with Crippen molar-refractivity contribution in [3.63, 3.8) is 0 Å². The van der Waals surface area contributed by atoms with Gasteiger partial charge < -0.3 is 16.2 Å². The number of nitrogens with zero attached hydrogens (tertiary/aromatic N) is 4. The highest BCUT2D eigenvalue weighted by Crippen LogP contribution is 2.36. The maximum absolute atomic E-state index is 9.00. The number of carboxylic acids is 1. The fourth-order valence-corrected chi connectivity index (χ4v) is 3.45. The highest BCUT2D eigenvalue weighted by molar-refractivity contribution is 5.98. The second-order valence-corrected chi connectivity index (χ2v) is 6.89. The number of aromatic nitrogens is 3. The van der Waals surface area contributed by atoms with Crippen LogP contribution >= 0.6 is 0 Å². The van der Waals surface area contributed by atoms with Gasteiger partial charge in [0.25, 0.3) is 5.97 Å². The topological polar surface area (TPSA) is 126 Å². The molecule has 4 aromatic rings. The monoisotopic (exact) mass is 412 g/mol. The van der Waals surface area contributed by atoms with Crippen LogP contribution in [0.25, 0.3) is 22.0 Å². The molecule has 0 amide bonds. The Labute approximate surface area is 178 Å². The Balaban J connectivity index is 0.000000535. The van der Waals surface area contributed by atoms with Gasteiger partial charge in [-0.2, -0.15) is 4.98 Å². The zero-order valence-electron chi connectivity index (χ0n) is 16.8. The number of hydrogen-bond donors (Lipinski definition) is 3. The summed E-state index contributed by atoms with van der Waals surface area (Å²) in [4.78, 5) is 26.2. The summed E-state index contributed by atoms with van der Waals surface area (Å²) in [5, 5.41) is 11.9. The number of pyridine rings is 1. The van der Waals surface area contributed by atoms with Gasteiger partial charge in [-0.25, -0.2) is 4.98 Å². The molecular formula is C23H20N6O2. The number of carbonyl (C=O) groups is 1. The van der Waals surface area contributed by atoms with Crippen molar-refractivity contribution in [1.82, 2.24) is 15.0 Å². The molecule has 154 valence electrons. The average molecular weight is 412 g/mol. The first-order valence-corrected chi connectivity index (χ1v) is 9.57. The summed E-state index contributed by atoms with van der Waals surface area (Å²) in [6.07, 6.45) is 5.38. The van der Waals surface area contributed by atoms with Crippen LogP contribution in [-0.4, -0.2) is 32.2 Å². The fraction of sp³-hybridized carbons (Fsp3) is 0.0870. The summed E-state index contributed by atoms with van der Waals surface area (Å²) in [5.74, 6) is 0.0561. The smallest absolute Gasteiger partial charge is 0.300 e. The van der Waals surface area contributed by atoms with Crippen LogP contribution in [0.2, 0.25) is 0 Å². The SMILES string of the molecule is CC(=O)O.Nc1nccc(Nc2cc3c(c(-c4cccc5cccnc45)c2)CN=C3)n1. The van der Waals surface area contributed by atoms with Crippen LogP contribution < -0.4 is 11.1 Å². The van der Waals surface area contributed by atoms with Crippen LogP contribution in [0, 0.1) is 0 Å². The standard InChI is InChI=1S/C21H16N6.C2H4O2/c22-21-25-8-6-19(27-21)26-15-9-14-11-23-12-18(14)17(10-15)16-5-1-3-13-4-2-7-24-20(13)16;1-2(3)4/h1-11H,12H2,(H3,22,25,26,27);1H3,(H,3,4). The minimum absolute atomic E-state index is 0.237. The number of nitrogen functional groups attached to an aromatic ring is 1. The Morgan fingerprint density at radius 1 is 1.06 bits per heavy atom. The molecule has 2 aromatic heterocycles. The third-order valence-corrected chi connectivity index (χ3v) is 4.63. The summed E-state index contributed by atoms with van der Waals surface area (Å²) < 4.78 is 0. The summed E-state index contributed by atoms with van der Waals surface area (Å²) in [7, 11) is 0. The minimum atomic E-state index is -0.833. The van der Waals surface area contributed by atoms with Crippen molar-refractivity contribution in [1.29, 1.82) is 0 Å². The van der Waals surface area contributed by atoms with E-state index in [1.54, 1.807) is 12.3 Å². The number of para-hydroxylation sites is 1. The van der Waals surface area contributed by atoms with Crippen molar-refractivity contribution in [2.24, 2.45) is 4.99 Å². The van der Waals surface area contributed by atoms with E-state index in [2.05, 4.69) is 61.7 Å². The number of rotatable bonds is 3. The first-order chi connectivity index (χ1) is 15.0. The van der Waals surface area contributed by atoms with Gasteiger partial charge in [0, 0.05) is 47.7 Å². The molecule has 0 spiro atoms. The van der Waals surface area contributed by atoms with Crippen molar-refractivity contribution < 1.29 is 9.90 Å². The molecular weight excluding hydrogens is 392 g/mol. The van der Waals surface area contributed by atoms with Crippen molar-refractivity contribution in [2.45, 2.75) is 13.5 Å². The summed E-state index contributed by atoms with van der Waals surface area (Å²) >= 11 is 0. The second-order valence-electron chi connectivity index (χ2n) is 6.89. The number of anilines is 3. The Bertz CT molecular complexity index is 1290. The third kappa shape index (κ3) is 4.48. The van der Waals surface area contributed by atoms with E-state index in [-0.39, 0.29) is 5.95 Å². The Morgan fingerprint density at radius 3 is 2.68 bits per heavy atom. The molecule has 5 rings (SSSR count). The second kappa shape index (κ2) is 8.58. The van der Waals surface area contributed by atoms with Gasteiger partial charge in [0.15, 0.2) is 0 Å². The number of aliphatic carboxylic acids is 1. The molecule has 4 N–H and O–H groups in total. The predicted molar refractivity (Wildman–Crippen MR) is 122 cm³/mol. The van der Waals surface area contributed by atoms with Crippen LogP contribution in [0.3, 0.4) is 0 Å². The molecule has 0 saturated carbocycles. The molecule has 8 nitrogen and oxygen atoms in total. The van der Waals surface area contributed by atoms with Gasteiger partial charge in [0.1, 0.15) is 5.82 Å². The maximum atomic E-state index is 9.00. The quantitative estimate of drug-likeness (QED) is 0.463. The summed E-state index contributed by atoms with van der Waals surface area (Å²) in [6.45, 7) is 1.76. The van der Waals surface area contributed by atoms with E-state index in [0.29, 0.717) is 12.4 Å². The molecule has 0 fully saturated rings. The van der Waals surface area contributed by atoms with Crippen molar-refractivity contribution in [3.8, 4) is 11.1 Å². The van der Waals surface area contributed by atoms with E-state index in [1.165, 1.54) is 5.56 Å². The number of fused-ring (bicyclic) bond motifs is 2. The summed E-state index contributed by atoms with van der Waals surface area (Å²) in [6, 6.07) is 16.3. The predicted octanol–water partition coefficient (Wildman–Crippen LogP) is 4.04. The number of aliphatic imine (C=N–C) groups is 1. The Morgan fingerprint density at radius 2 is 1.87 bits per heavy atom. The number of nitrogens with one attached hydrogen (secondary N) is 1. The lowest BCUT2D eigenvalue weighted by Gasteiger charge is -2.14. The molecule has 0 saturated heterocycles. The molecule has 1 aliphatic rings. The van der Waals surface area contributed by atoms with Gasteiger partial charge in [-0.3, -0.25) is 14.8 Å². The first kappa shape index (κ1) is 20.0. The first-order valence-electron chi connectivity index (χ1n) is 9.57. The highest BCUT2D eigenvalue weighted by Gasteiger charge is 2.17. The van der Waals surface area contributed by atoms with E-state index in [1.807, 2.05) is 18.5 Å². The number of nitrogens with two attached hydrogens (primary N) is 1. The minimum Gasteiger partial charge on any atom is -0.481 e. The van der Waals surface area contributed by atoms with Crippen molar-refractivity contribution in [3.05, 3.63) is 72.1 Å². The van der Waals surface area contributed by atoms with Gasteiger partial charge in [-0.05, 0) is 35.4 Å². The molecule has 1 aliphatic heterocycles. The zero-order chi connectivity index (χ0) is 21.8. The van der Waals surface area contributed by atoms with Crippen LogP contribution in [0.1, 0.15) is 18.1 Å². The normalized spacial score (nSPS) is 11.5. The van der Waals surface area contributed by atoms with Gasteiger partial charge in [0.05, 0.1) is 12.1 Å². The molecule has 0 unspecified atom stereocenters. The number of benzene rings is 2. The van der Waals surface area contributed by atoms with Crippen LogP contribution in [0.5, 0.6) is 0 Å². The van der Waals surface area contributed by atoms with Crippen LogP contribution in [-0.2, 0) is 11.3 Å². The van der Waals surface area contributed by atoms with Crippen molar-refractivity contribution >= 4 is 40.5 Å². The van der Waals surface area contributed by atoms with Gasteiger partial charge in [-0.1, -0.05) is 24.3 Å². The highest BCUT2D eigenvalue weighted by atomic mass is 16.4. The Hall–Kier alpha value is -4.33. The molecule has 3 heterocycles. The number of carboxylic acid groups (broad SMARTS) is 1. The van der Waals surface area contributed by atoms with Crippen molar-refractivity contribution in [2.75, 3.05) is 11.1 Å². The van der Waals surface area contributed by atoms with Crippen LogP contribution in [0.15, 0.2) is 65.9 Å². The lowest BCUT2D eigenvalue weighted by Crippen LogP contribution is -2.01. The van der Waals surface area contributed by atoms with E-state index >= 15 is 0 Å². The van der Waals surface area contributed by atoms with E-state index in [4.69, 9.17) is 15.6 Å². The molecule has 31 heavy (non-hydrogen) atoms. The molecule has 0 bridgehead atoms. The maximum Gasteiger partial charge on any atom is 0.300 e. The van der Waals surface area contributed by atoms with Gasteiger partial charge >= 0.3 is 0 Å². The molecule has 0 aliphatic carbocycles. The molecule has 0 atom stereocenters. The van der Waals surface area contributed by atoms with Crippen LogP contribution in [0.4, 0.5) is 17.5 Å². The zero-order valence-corrected chi connectivity index (χ0v) is 16.8. The molecule has 2 aromatic carbocycles. The largest absolute Gasteiger partial charge is 0.481 e. The Kier molecular flexibility index (Phi) is 5.53. The fourth-order valence-electron chi connectivity index (χ4n) is 3.45. The molecule has 0 radical (unpaired) electrons. The summed E-state index contributed by atoms with van der Waals surface area (Å²) in [5.41, 5.74) is 12.1. The lowest BCUT2D eigenvalue weighted by atomic mass is 9.94. The van der Waals surface area contributed by atoms with Gasteiger partial charge in [-0.15, -0.1) is 0 Å². The average Bonchev–Trinajstić information content (AvgIpc) is 3.21. The van der Waals surface area contributed by atoms with Gasteiger partial charge in [0.2, 0.25) is 5.95 Å². The number of hydrogen-bond acceptors (Lipinski definition) is 7. The van der Waals surface area contributed by atoms with E-state index in [9.17, 15) is 0 Å². The molecule has 8 heteroatoms.